The molecule has 1 atom stereocenters. The maximum Gasteiger partial charge on any atom is 0.329 e. The van der Waals surface area contributed by atoms with Crippen molar-refractivity contribution >= 4 is 17.7 Å². The summed E-state index contributed by atoms with van der Waals surface area (Å²) in [7, 11) is 0. The van der Waals surface area contributed by atoms with Crippen molar-refractivity contribution in [3.63, 3.8) is 0 Å². The third-order valence-corrected chi connectivity index (χ3v) is 3.41. The van der Waals surface area contributed by atoms with Crippen LogP contribution in [0.25, 0.3) is 0 Å². The number of hydrogen-bond acceptors (Lipinski definition) is 4. The average Bonchev–Trinajstić information content (AvgIpc) is 2.73. The Hall–Kier alpha value is -2.11. The summed E-state index contributed by atoms with van der Waals surface area (Å²) in [5.74, 6) is -0.848. The van der Waals surface area contributed by atoms with Crippen LogP contribution < -0.4 is 10.6 Å². The molecule has 96 valence electrons. The zero-order valence-corrected chi connectivity index (χ0v) is 10.1. The van der Waals surface area contributed by atoms with Crippen LogP contribution in [0.3, 0.4) is 0 Å². The van der Waals surface area contributed by atoms with Gasteiger partial charge in [-0.3, -0.25) is 4.79 Å². The predicted octanol–water partition coefficient (Wildman–Crippen LogP) is 0.624. The van der Waals surface area contributed by atoms with Gasteiger partial charge in [0.2, 0.25) is 5.91 Å². The molecule has 1 saturated heterocycles. The highest BCUT2D eigenvalue weighted by molar-refractivity contribution is 5.92. The van der Waals surface area contributed by atoms with Gasteiger partial charge in [-0.15, -0.1) is 0 Å². The predicted molar refractivity (Wildman–Crippen MR) is 65.4 cm³/mol. The molecule has 0 aliphatic carbocycles. The van der Waals surface area contributed by atoms with Crippen molar-refractivity contribution in [3.8, 4) is 0 Å². The molecule has 0 saturated carbocycles. The molecule has 1 amide bonds. The van der Waals surface area contributed by atoms with Gasteiger partial charge in [-0.25, -0.2) is 9.78 Å². The maximum atomic E-state index is 11.3. The summed E-state index contributed by atoms with van der Waals surface area (Å²) in [5.41, 5.74) is 4.52. The van der Waals surface area contributed by atoms with Crippen LogP contribution in [0.5, 0.6) is 0 Å². The lowest BCUT2D eigenvalue weighted by Gasteiger charge is -2.32. The average molecular weight is 249 g/mol. The Morgan fingerprint density at radius 3 is 2.72 bits per heavy atom. The number of anilines is 1. The summed E-state index contributed by atoms with van der Waals surface area (Å²) in [6.07, 6.45) is 2.77. The molecule has 0 spiro atoms. The van der Waals surface area contributed by atoms with E-state index in [9.17, 15) is 14.7 Å². The standard InChI is InChI=1S/C12H15N3O3/c1-12(11(17)18)5-2-6-15(12)9-4-3-8(7-14-9)10(13)16/h3-4,7H,2,5-6H2,1H3,(H2,13,16)(H,17,18). The van der Waals surface area contributed by atoms with Crippen LogP contribution in [0.15, 0.2) is 18.3 Å². The number of carboxylic acid groups (broad SMARTS) is 1. The van der Waals surface area contributed by atoms with Gasteiger partial charge >= 0.3 is 5.97 Å². The van der Waals surface area contributed by atoms with Crippen LogP contribution in [-0.2, 0) is 4.79 Å². The van der Waals surface area contributed by atoms with Gasteiger partial charge in [0.05, 0.1) is 5.56 Å². The van der Waals surface area contributed by atoms with Crippen molar-refractivity contribution in [2.75, 3.05) is 11.4 Å². The van der Waals surface area contributed by atoms with E-state index in [0.29, 0.717) is 24.3 Å². The van der Waals surface area contributed by atoms with Crippen LogP contribution in [0, 0.1) is 0 Å². The van der Waals surface area contributed by atoms with Gasteiger partial charge in [0.25, 0.3) is 0 Å². The number of primary amides is 1. The fraction of sp³-hybridized carbons (Fsp3) is 0.417. The molecule has 2 heterocycles. The quantitative estimate of drug-likeness (QED) is 0.818. The van der Waals surface area contributed by atoms with Gasteiger partial charge in [0, 0.05) is 12.7 Å². The second-order valence-electron chi connectivity index (χ2n) is 4.60. The largest absolute Gasteiger partial charge is 0.480 e. The van der Waals surface area contributed by atoms with Crippen LogP contribution in [-0.4, -0.2) is 34.1 Å². The molecule has 2 rings (SSSR count). The minimum absolute atomic E-state index is 0.315. The second-order valence-corrected chi connectivity index (χ2v) is 4.60. The minimum atomic E-state index is -0.929. The Morgan fingerprint density at radius 1 is 1.50 bits per heavy atom. The first kappa shape index (κ1) is 12.3. The number of carboxylic acids is 1. The Kier molecular flexibility index (Phi) is 2.94. The van der Waals surface area contributed by atoms with Crippen LogP contribution in [0.1, 0.15) is 30.1 Å². The monoisotopic (exact) mass is 249 g/mol. The van der Waals surface area contributed by atoms with Crippen molar-refractivity contribution in [2.45, 2.75) is 25.3 Å². The lowest BCUT2D eigenvalue weighted by molar-refractivity contribution is -0.142. The molecule has 0 radical (unpaired) electrons. The van der Waals surface area contributed by atoms with Crippen LogP contribution in [0.4, 0.5) is 5.82 Å². The molecular formula is C12H15N3O3. The Morgan fingerprint density at radius 2 is 2.22 bits per heavy atom. The van der Waals surface area contributed by atoms with E-state index in [1.807, 2.05) is 0 Å². The third kappa shape index (κ3) is 1.90. The number of rotatable bonds is 3. The number of aliphatic carboxylic acids is 1. The number of hydrogen-bond donors (Lipinski definition) is 2. The van der Waals surface area contributed by atoms with E-state index in [2.05, 4.69) is 4.98 Å². The molecule has 0 aromatic carbocycles. The van der Waals surface area contributed by atoms with E-state index in [-0.39, 0.29) is 0 Å². The van der Waals surface area contributed by atoms with E-state index >= 15 is 0 Å². The van der Waals surface area contributed by atoms with E-state index in [4.69, 9.17) is 5.73 Å². The third-order valence-electron chi connectivity index (χ3n) is 3.41. The van der Waals surface area contributed by atoms with Gasteiger partial charge in [-0.05, 0) is 31.9 Å². The van der Waals surface area contributed by atoms with Crippen molar-refractivity contribution < 1.29 is 14.7 Å². The van der Waals surface area contributed by atoms with Gasteiger partial charge in [-0.2, -0.15) is 0 Å². The van der Waals surface area contributed by atoms with Crippen molar-refractivity contribution in [2.24, 2.45) is 5.73 Å². The normalized spacial score (nSPS) is 23.1. The molecule has 1 aromatic rings. The lowest BCUT2D eigenvalue weighted by Crippen LogP contribution is -2.48. The summed E-state index contributed by atoms with van der Waals surface area (Å²) in [4.78, 5) is 28.2. The highest BCUT2D eigenvalue weighted by atomic mass is 16.4. The number of amides is 1. The molecule has 6 heteroatoms. The molecule has 1 unspecified atom stereocenters. The molecule has 18 heavy (non-hydrogen) atoms. The van der Waals surface area contributed by atoms with E-state index in [0.717, 1.165) is 6.42 Å². The fourth-order valence-electron chi connectivity index (χ4n) is 2.24. The van der Waals surface area contributed by atoms with Crippen LogP contribution >= 0.6 is 0 Å². The number of carbonyl (C=O) groups excluding carboxylic acids is 1. The molecule has 1 fully saturated rings. The first-order valence-electron chi connectivity index (χ1n) is 5.72. The molecule has 0 bridgehead atoms. The van der Waals surface area contributed by atoms with Crippen molar-refractivity contribution in [1.82, 2.24) is 4.98 Å². The number of nitrogens with zero attached hydrogens (tertiary/aromatic N) is 2. The molecule has 1 aromatic heterocycles. The second kappa shape index (κ2) is 4.29. The Bertz CT molecular complexity index is 486. The zero-order valence-electron chi connectivity index (χ0n) is 10.1. The first-order valence-corrected chi connectivity index (χ1v) is 5.72. The highest BCUT2D eigenvalue weighted by Gasteiger charge is 2.44. The smallest absolute Gasteiger partial charge is 0.329 e. The van der Waals surface area contributed by atoms with E-state index in [1.54, 1.807) is 24.0 Å². The van der Waals surface area contributed by atoms with Crippen LogP contribution in [0.2, 0.25) is 0 Å². The zero-order chi connectivity index (χ0) is 13.3. The van der Waals surface area contributed by atoms with Gasteiger partial charge in [0.15, 0.2) is 0 Å². The van der Waals surface area contributed by atoms with Gasteiger partial charge in [0.1, 0.15) is 11.4 Å². The molecular weight excluding hydrogens is 234 g/mol. The summed E-state index contributed by atoms with van der Waals surface area (Å²) in [6, 6.07) is 3.19. The van der Waals surface area contributed by atoms with E-state index < -0.39 is 17.4 Å². The topological polar surface area (TPSA) is 96.5 Å². The molecule has 1 aliphatic rings. The SMILES string of the molecule is CC1(C(=O)O)CCCN1c1ccc(C(N)=O)cn1. The first-order chi connectivity index (χ1) is 8.45. The number of nitrogens with two attached hydrogens (primary N) is 1. The Labute approximate surface area is 104 Å². The maximum absolute atomic E-state index is 11.3. The summed E-state index contributed by atoms with van der Waals surface area (Å²) >= 11 is 0. The van der Waals surface area contributed by atoms with Crippen molar-refractivity contribution in [1.29, 1.82) is 0 Å². The molecule has 3 N–H and O–H groups in total. The minimum Gasteiger partial charge on any atom is -0.480 e. The molecule has 1 aliphatic heterocycles. The molecule has 6 nitrogen and oxygen atoms in total. The fourth-order valence-corrected chi connectivity index (χ4v) is 2.24. The van der Waals surface area contributed by atoms with Gasteiger partial charge < -0.3 is 15.7 Å². The number of carbonyl (C=O) groups is 2. The van der Waals surface area contributed by atoms with Crippen molar-refractivity contribution in [3.05, 3.63) is 23.9 Å². The lowest BCUT2D eigenvalue weighted by atomic mass is 9.99. The summed E-state index contributed by atoms with van der Waals surface area (Å²) in [6.45, 7) is 2.33. The number of aromatic nitrogens is 1. The summed E-state index contributed by atoms with van der Waals surface area (Å²) < 4.78 is 0. The van der Waals surface area contributed by atoms with Gasteiger partial charge in [-0.1, -0.05) is 0 Å². The number of pyridine rings is 1. The summed E-state index contributed by atoms with van der Waals surface area (Å²) in [5, 5.41) is 9.30. The Balaban J connectivity index is 2.31. The highest BCUT2D eigenvalue weighted by Crippen LogP contribution is 2.33. The van der Waals surface area contributed by atoms with E-state index in [1.165, 1.54) is 6.20 Å².